The van der Waals surface area contributed by atoms with Gasteiger partial charge in [-0.05, 0) is 38.5 Å². The maximum atomic E-state index is 3.62. The van der Waals surface area contributed by atoms with E-state index in [1.54, 1.807) is 0 Å². The third-order valence-corrected chi connectivity index (χ3v) is 4.09. The third-order valence-electron chi connectivity index (χ3n) is 2.57. The Morgan fingerprint density at radius 1 is 1.57 bits per heavy atom. The third kappa shape index (κ3) is 3.94. The molecule has 80 valence electrons. The molecular weight excluding hydrogens is 190 g/mol. The van der Waals surface area contributed by atoms with Gasteiger partial charge in [0.15, 0.2) is 0 Å². The quantitative estimate of drug-likeness (QED) is 0.702. The van der Waals surface area contributed by atoms with Gasteiger partial charge in [-0.2, -0.15) is 11.8 Å². The summed E-state index contributed by atoms with van der Waals surface area (Å²) in [4.78, 5) is 0. The van der Waals surface area contributed by atoms with Crippen molar-refractivity contribution in [3.05, 3.63) is 0 Å². The summed E-state index contributed by atoms with van der Waals surface area (Å²) in [5.41, 5.74) is 0. The summed E-state index contributed by atoms with van der Waals surface area (Å²) in [6, 6.07) is 0.620. The second-order valence-corrected chi connectivity index (χ2v) is 5.09. The average molecular weight is 211 g/mol. The Kier molecular flexibility index (Phi) is 6.14. The zero-order chi connectivity index (χ0) is 10.2. The zero-order valence-corrected chi connectivity index (χ0v) is 10.1. The SMILES string of the molecule is CC#CCC(NCCC)C1CCCS1. The van der Waals surface area contributed by atoms with Crippen LogP contribution < -0.4 is 5.32 Å². The van der Waals surface area contributed by atoms with Crippen molar-refractivity contribution in [2.24, 2.45) is 0 Å². The maximum absolute atomic E-state index is 3.62. The Bertz CT molecular complexity index is 198. The molecule has 0 aliphatic carbocycles. The molecule has 0 aromatic rings. The van der Waals surface area contributed by atoms with Crippen LogP contribution in [0.3, 0.4) is 0 Å². The lowest BCUT2D eigenvalue weighted by atomic mass is 10.1. The average Bonchev–Trinajstić information content (AvgIpc) is 2.71. The van der Waals surface area contributed by atoms with Crippen LogP contribution >= 0.6 is 11.8 Å². The maximum Gasteiger partial charge on any atom is 0.0295 e. The van der Waals surface area contributed by atoms with Gasteiger partial charge in [-0.25, -0.2) is 0 Å². The van der Waals surface area contributed by atoms with Gasteiger partial charge in [0, 0.05) is 17.7 Å². The summed E-state index contributed by atoms with van der Waals surface area (Å²) in [5, 5.41) is 4.43. The predicted octanol–water partition coefficient (Wildman–Crippen LogP) is 2.66. The van der Waals surface area contributed by atoms with Crippen molar-refractivity contribution in [1.29, 1.82) is 0 Å². The monoisotopic (exact) mass is 211 g/mol. The molecule has 1 nitrogen and oxygen atoms in total. The van der Waals surface area contributed by atoms with Gasteiger partial charge in [-0.15, -0.1) is 11.8 Å². The zero-order valence-electron chi connectivity index (χ0n) is 9.31. The van der Waals surface area contributed by atoms with Gasteiger partial charge in [-0.3, -0.25) is 0 Å². The predicted molar refractivity (Wildman–Crippen MR) is 65.6 cm³/mol. The van der Waals surface area contributed by atoms with Gasteiger partial charge in [-0.1, -0.05) is 6.92 Å². The first kappa shape index (κ1) is 11.9. The Morgan fingerprint density at radius 3 is 3.00 bits per heavy atom. The van der Waals surface area contributed by atoms with Crippen LogP contribution in [0.4, 0.5) is 0 Å². The van der Waals surface area contributed by atoms with Crippen molar-refractivity contribution in [1.82, 2.24) is 5.32 Å². The van der Waals surface area contributed by atoms with Crippen molar-refractivity contribution in [2.75, 3.05) is 12.3 Å². The fourth-order valence-corrected chi connectivity index (χ4v) is 3.19. The molecule has 1 saturated heterocycles. The molecule has 0 aromatic carbocycles. The fourth-order valence-electron chi connectivity index (χ4n) is 1.80. The Morgan fingerprint density at radius 2 is 2.43 bits per heavy atom. The van der Waals surface area contributed by atoms with E-state index in [2.05, 4.69) is 35.8 Å². The minimum Gasteiger partial charge on any atom is -0.312 e. The Hall–Kier alpha value is -0.130. The van der Waals surface area contributed by atoms with Crippen LogP contribution in [-0.2, 0) is 0 Å². The highest BCUT2D eigenvalue weighted by molar-refractivity contribution is 8.00. The van der Waals surface area contributed by atoms with Crippen molar-refractivity contribution in [3.8, 4) is 11.8 Å². The van der Waals surface area contributed by atoms with Crippen molar-refractivity contribution >= 4 is 11.8 Å². The molecule has 2 atom stereocenters. The molecule has 1 rings (SSSR count). The molecule has 0 bridgehead atoms. The molecule has 1 N–H and O–H groups in total. The molecule has 1 fully saturated rings. The molecule has 14 heavy (non-hydrogen) atoms. The van der Waals surface area contributed by atoms with E-state index in [0.29, 0.717) is 6.04 Å². The van der Waals surface area contributed by atoms with Crippen molar-refractivity contribution in [2.45, 2.75) is 50.8 Å². The highest BCUT2D eigenvalue weighted by Gasteiger charge is 2.24. The van der Waals surface area contributed by atoms with Crippen molar-refractivity contribution in [3.63, 3.8) is 0 Å². The first-order valence-electron chi connectivity index (χ1n) is 5.63. The van der Waals surface area contributed by atoms with Crippen LogP contribution in [0.25, 0.3) is 0 Å². The second kappa shape index (κ2) is 7.20. The van der Waals surface area contributed by atoms with Crippen LogP contribution in [0.15, 0.2) is 0 Å². The lowest BCUT2D eigenvalue weighted by Crippen LogP contribution is -2.37. The number of nitrogens with one attached hydrogen (secondary N) is 1. The van der Waals surface area contributed by atoms with Gasteiger partial charge in [0.25, 0.3) is 0 Å². The molecule has 1 aliphatic rings. The standard InChI is InChI=1S/C12H21NS/c1-3-5-7-11(13-9-4-2)12-8-6-10-14-12/h11-13H,4,6-10H2,1-2H3. The Labute approximate surface area is 92.4 Å². The number of hydrogen-bond acceptors (Lipinski definition) is 2. The molecule has 1 aliphatic heterocycles. The van der Waals surface area contributed by atoms with Gasteiger partial charge in [0.1, 0.15) is 0 Å². The summed E-state index contributed by atoms with van der Waals surface area (Å²) in [6.45, 7) is 5.28. The molecule has 2 unspecified atom stereocenters. The lowest BCUT2D eigenvalue weighted by molar-refractivity contribution is 0.493. The molecular formula is C12H21NS. The second-order valence-electron chi connectivity index (χ2n) is 3.74. The van der Waals surface area contributed by atoms with E-state index in [1.165, 1.54) is 25.0 Å². The van der Waals surface area contributed by atoms with E-state index < -0.39 is 0 Å². The molecule has 0 radical (unpaired) electrons. The van der Waals surface area contributed by atoms with E-state index in [1.807, 2.05) is 6.92 Å². The molecule has 1 heterocycles. The summed E-state index contributed by atoms with van der Waals surface area (Å²) in [6.07, 6.45) is 5.00. The van der Waals surface area contributed by atoms with Gasteiger partial charge >= 0.3 is 0 Å². The molecule has 0 amide bonds. The van der Waals surface area contributed by atoms with E-state index in [0.717, 1.165) is 18.2 Å². The van der Waals surface area contributed by atoms with Crippen molar-refractivity contribution < 1.29 is 0 Å². The van der Waals surface area contributed by atoms with Crippen LogP contribution in [0, 0.1) is 11.8 Å². The smallest absolute Gasteiger partial charge is 0.0295 e. The summed E-state index contributed by atoms with van der Waals surface area (Å²) in [7, 11) is 0. The van der Waals surface area contributed by atoms with Gasteiger partial charge in [0.05, 0.1) is 0 Å². The first-order valence-corrected chi connectivity index (χ1v) is 6.68. The van der Waals surface area contributed by atoms with E-state index in [-0.39, 0.29) is 0 Å². The topological polar surface area (TPSA) is 12.0 Å². The van der Waals surface area contributed by atoms with Crippen LogP contribution in [0.2, 0.25) is 0 Å². The minimum absolute atomic E-state index is 0.620. The van der Waals surface area contributed by atoms with Crippen LogP contribution in [-0.4, -0.2) is 23.6 Å². The van der Waals surface area contributed by atoms with Gasteiger partial charge < -0.3 is 5.32 Å². The number of thioether (sulfide) groups is 1. The lowest BCUT2D eigenvalue weighted by Gasteiger charge is -2.21. The first-order chi connectivity index (χ1) is 6.88. The summed E-state index contributed by atoms with van der Waals surface area (Å²) < 4.78 is 0. The number of rotatable bonds is 5. The largest absolute Gasteiger partial charge is 0.312 e. The minimum atomic E-state index is 0.620. The molecule has 0 aromatic heterocycles. The summed E-state index contributed by atoms with van der Waals surface area (Å²) in [5.74, 6) is 7.55. The van der Waals surface area contributed by atoms with E-state index >= 15 is 0 Å². The molecule has 2 heteroatoms. The summed E-state index contributed by atoms with van der Waals surface area (Å²) >= 11 is 2.12. The Balaban J connectivity index is 2.36. The highest BCUT2D eigenvalue weighted by Crippen LogP contribution is 2.29. The van der Waals surface area contributed by atoms with E-state index in [4.69, 9.17) is 0 Å². The molecule has 0 saturated carbocycles. The normalized spacial score (nSPS) is 22.9. The number of hydrogen-bond donors (Lipinski definition) is 1. The van der Waals surface area contributed by atoms with Gasteiger partial charge in [0.2, 0.25) is 0 Å². The highest BCUT2D eigenvalue weighted by atomic mass is 32.2. The van der Waals surface area contributed by atoms with Crippen LogP contribution in [0.5, 0.6) is 0 Å². The van der Waals surface area contributed by atoms with Crippen LogP contribution in [0.1, 0.15) is 39.5 Å². The van der Waals surface area contributed by atoms with E-state index in [9.17, 15) is 0 Å². The fraction of sp³-hybridized carbons (Fsp3) is 0.833. The molecule has 0 spiro atoms.